The predicted molar refractivity (Wildman–Crippen MR) is 50.3 cm³/mol. The van der Waals surface area contributed by atoms with Crippen molar-refractivity contribution in [2.24, 2.45) is 0 Å². The summed E-state index contributed by atoms with van der Waals surface area (Å²) in [5.41, 5.74) is 1.99. The largest absolute Gasteiger partial charge is 0.255 e. The molecule has 0 saturated heterocycles. The number of hydrogen-bond acceptors (Lipinski definition) is 1. The van der Waals surface area contributed by atoms with Crippen molar-refractivity contribution in [3.05, 3.63) is 41.0 Å². The lowest BCUT2D eigenvalue weighted by molar-refractivity contribution is 1.36. The molecule has 0 aliphatic carbocycles. The molecule has 2 heteroatoms. The fourth-order valence-electron chi connectivity index (χ4n) is 1.21. The standard InChI is InChI=1S/C10H7ClN/c1-7-9(11)5-4-8-3-2-6-12-10(7)8/h3-6H,1H3. The van der Waals surface area contributed by atoms with E-state index >= 15 is 0 Å². The van der Waals surface area contributed by atoms with Crippen LogP contribution in [0.2, 0.25) is 5.02 Å². The van der Waals surface area contributed by atoms with Gasteiger partial charge in [0.25, 0.3) is 0 Å². The minimum Gasteiger partial charge on any atom is -0.255 e. The Balaban J connectivity index is 2.91. The van der Waals surface area contributed by atoms with Crippen LogP contribution in [-0.4, -0.2) is 4.98 Å². The number of nitrogens with zero attached hydrogens (tertiary/aromatic N) is 1. The van der Waals surface area contributed by atoms with Crippen LogP contribution in [0.4, 0.5) is 0 Å². The van der Waals surface area contributed by atoms with Crippen molar-refractivity contribution >= 4 is 22.5 Å². The lowest BCUT2D eigenvalue weighted by Gasteiger charge is -2.01. The van der Waals surface area contributed by atoms with Crippen LogP contribution < -0.4 is 0 Å². The molecule has 0 saturated carbocycles. The van der Waals surface area contributed by atoms with Gasteiger partial charge in [-0.05, 0) is 24.6 Å². The topological polar surface area (TPSA) is 12.9 Å². The molecule has 0 bridgehead atoms. The fraction of sp³-hybridized carbons (Fsp3) is 0.100. The molecule has 0 fully saturated rings. The van der Waals surface area contributed by atoms with E-state index in [1.807, 2.05) is 25.1 Å². The Bertz CT molecular complexity index is 423. The van der Waals surface area contributed by atoms with E-state index in [2.05, 4.69) is 11.1 Å². The second-order valence-corrected chi connectivity index (χ2v) is 3.09. The van der Waals surface area contributed by atoms with E-state index in [0.29, 0.717) is 0 Å². The summed E-state index contributed by atoms with van der Waals surface area (Å²) in [6.45, 7) is 1.97. The summed E-state index contributed by atoms with van der Waals surface area (Å²) >= 11 is 5.94. The maximum atomic E-state index is 5.94. The highest BCUT2D eigenvalue weighted by molar-refractivity contribution is 6.32. The molecule has 0 N–H and O–H groups in total. The molecule has 1 radical (unpaired) electrons. The Kier molecular flexibility index (Phi) is 1.74. The molecule has 1 aromatic heterocycles. The summed E-state index contributed by atoms with van der Waals surface area (Å²) in [6, 6.07) is 8.67. The third kappa shape index (κ3) is 1.07. The molecule has 1 nitrogen and oxygen atoms in total. The molecule has 12 heavy (non-hydrogen) atoms. The Morgan fingerprint density at radius 2 is 2.25 bits per heavy atom. The average molecular weight is 177 g/mol. The van der Waals surface area contributed by atoms with E-state index in [0.717, 1.165) is 21.5 Å². The normalized spacial score (nSPS) is 10.5. The van der Waals surface area contributed by atoms with Gasteiger partial charge in [0.15, 0.2) is 0 Å². The molecular weight excluding hydrogens is 170 g/mol. The number of pyridine rings is 1. The maximum Gasteiger partial charge on any atom is 0.0746 e. The third-order valence-corrected chi connectivity index (χ3v) is 2.31. The van der Waals surface area contributed by atoms with Gasteiger partial charge >= 0.3 is 0 Å². The highest BCUT2D eigenvalue weighted by Crippen LogP contribution is 2.22. The minimum absolute atomic E-state index is 0.765. The van der Waals surface area contributed by atoms with Crippen molar-refractivity contribution in [2.75, 3.05) is 0 Å². The van der Waals surface area contributed by atoms with E-state index < -0.39 is 0 Å². The Labute approximate surface area is 76.0 Å². The summed E-state index contributed by atoms with van der Waals surface area (Å²) in [5, 5.41) is 1.85. The lowest BCUT2D eigenvalue weighted by atomic mass is 10.1. The first-order valence-electron chi connectivity index (χ1n) is 3.70. The molecule has 2 rings (SSSR count). The van der Waals surface area contributed by atoms with Gasteiger partial charge in [-0.1, -0.05) is 17.7 Å². The first-order chi connectivity index (χ1) is 5.79. The van der Waals surface area contributed by atoms with Gasteiger partial charge in [0.2, 0.25) is 0 Å². The fourth-order valence-corrected chi connectivity index (χ4v) is 1.37. The van der Waals surface area contributed by atoms with E-state index in [1.54, 1.807) is 6.20 Å². The molecule has 1 aromatic carbocycles. The van der Waals surface area contributed by atoms with Gasteiger partial charge in [-0.25, -0.2) is 0 Å². The number of rotatable bonds is 0. The van der Waals surface area contributed by atoms with Crippen LogP contribution in [0.1, 0.15) is 5.56 Å². The van der Waals surface area contributed by atoms with Crippen molar-refractivity contribution in [3.8, 4) is 0 Å². The van der Waals surface area contributed by atoms with E-state index in [9.17, 15) is 0 Å². The summed E-state index contributed by atoms with van der Waals surface area (Å²) in [5.74, 6) is 0. The Hall–Kier alpha value is -1.08. The van der Waals surface area contributed by atoms with Crippen LogP contribution in [0.15, 0.2) is 24.4 Å². The molecule has 59 valence electrons. The van der Waals surface area contributed by atoms with E-state index in [1.165, 1.54) is 0 Å². The molecule has 0 atom stereocenters. The number of fused-ring (bicyclic) bond motifs is 1. The number of benzene rings is 1. The average Bonchev–Trinajstić information content (AvgIpc) is 2.12. The smallest absolute Gasteiger partial charge is 0.0746 e. The van der Waals surface area contributed by atoms with Gasteiger partial charge in [-0.3, -0.25) is 4.98 Å². The summed E-state index contributed by atoms with van der Waals surface area (Å²) in [4.78, 5) is 4.20. The van der Waals surface area contributed by atoms with Crippen LogP contribution in [0, 0.1) is 13.0 Å². The Morgan fingerprint density at radius 3 is 3.08 bits per heavy atom. The lowest BCUT2D eigenvalue weighted by Crippen LogP contribution is -1.82. The van der Waals surface area contributed by atoms with Crippen LogP contribution >= 0.6 is 11.6 Å². The number of halogens is 1. The van der Waals surface area contributed by atoms with Crippen molar-refractivity contribution in [1.29, 1.82) is 0 Å². The molecule has 0 unspecified atom stereocenters. The van der Waals surface area contributed by atoms with Gasteiger partial charge in [0.1, 0.15) is 0 Å². The zero-order chi connectivity index (χ0) is 8.55. The molecule has 1 heterocycles. The molecule has 2 aromatic rings. The van der Waals surface area contributed by atoms with Crippen molar-refractivity contribution in [2.45, 2.75) is 6.92 Å². The Morgan fingerprint density at radius 1 is 1.42 bits per heavy atom. The van der Waals surface area contributed by atoms with Gasteiger partial charge in [-0.2, -0.15) is 0 Å². The monoisotopic (exact) mass is 176 g/mol. The first kappa shape index (κ1) is 7.56. The van der Waals surface area contributed by atoms with Crippen LogP contribution in [0.5, 0.6) is 0 Å². The quantitative estimate of drug-likeness (QED) is 0.602. The number of aryl methyl sites for hydroxylation is 1. The van der Waals surface area contributed by atoms with E-state index in [-0.39, 0.29) is 0 Å². The highest BCUT2D eigenvalue weighted by Gasteiger charge is 2.00. The molecule has 0 spiro atoms. The number of aromatic nitrogens is 1. The van der Waals surface area contributed by atoms with Crippen LogP contribution in [0.25, 0.3) is 10.9 Å². The SMILES string of the molecule is Cc1c(Cl)ccc2c[c]cnc12. The first-order valence-corrected chi connectivity index (χ1v) is 4.08. The van der Waals surface area contributed by atoms with Crippen molar-refractivity contribution < 1.29 is 0 Å². The number of hydrogen-bond donors (Lipinski definition) is 0. The summed E-state index contributed by atoms with van der Waals surface area (Å²) in [6.07, 6.45) is 1.66. The molecule has 0 aliphatic rings. The van der Waals surface area contributed by atoms with Crippen molar-refractivity contribution in [1.82, 2.24) is 4.98 Å². The summed E-state index contributed by atoms with van der Waals surface area (Å²) in [7, 11) is 0. The highest BCUT2D eigenvalue weighted by atomic mass is 35.5. The summed E-state index contributed by atoms with van der Waals surface area (Å²) < 4.78 is 0. The maximum absolute atomic E-state index is 5.94. The van der Waals surface area contributed by atoms with Crippen molar-refractivity contribution in [3.63, 3.8) is 0 Å². The predicted octanol–water partition coefficient (Wildman–Crippen LogP) is 3.00. The second-order valence-electron chi connectivity index (χ2n) is 2.68. The molecule has 0 amide bonds. The third-order valence-electron chi connectivity index (χ3n) is 1.90. The molecular formula is C10H7ClN. The zero-order valence-corrected chi connectivity index (χ0v) is 7.39. The second kappa shape index (κ2) is 2.76. The van der Waals surface area contributed by atoms with Gasteiger partial charge in [0.05, 0.1) is 5.52 Å². The van der Waals surface area contributed by atoms with Crippen LogP contribution in [-0.2, 0) is 0 Å². The van der Waals surface area contributed by atoms with Crippen LogP contribution in [0.3, 0.4) is 0 Å². The van der Waals surface area contributed by atoms with E-state index in [4.69, 9.17) is 11.6 Å². The van der Waals surface area contributed by atoms with Gasteiger partial charge in [-0.15, -0.1) is 0 Å². The molecule has 0 aliphatic heterocycles. The van der Waals surface area contributed by atoms with Gasteiger partial charge in [0, 0.05) is 22.7 Å². The minimum atomic E-state index is 0.765. The zero-order valence-electron chi connectivity index (χ0n) is 6.63. The van der Waals surface area contributed by atoms with Gasteiger partial charge < -0.3 is 0 Å².